The van der Waals surface area contributed by atoms with Gasteiger partial charge in [-0.25, -0.2) is 9.97 Å². The van der Waals surface area contributed by atoms with Crippen molar-refractivity contribution in [2.24, 2.45) is 5.73 Å². The summed E-state index contributed by atoms with van der Waals surface area (Å²) in [5.74, 6) is 1.46. The molecule has 0 fully saturated rings. The number of pyridine rings is 1. The molecule has 0 bridgehead atoms. The third kappa shape index (κ3) is 3.90. The van der Waals surface area contributed by atoms with Gasteiger partial charge in [-0.2, -0.15) is 0 Å². The maximum Gasteiger partial charge on any atom is 0.247 e. The summed E-state index contributed by atoms with van der Waals surface area (Å²) in [4.78, 5) is 22.7. The molecular formula is C19H20N4O4S. The maximum absolute atomic E-state index is 12.5. The molecule has 2 heterocycles. The van der Waals surface area contributed by atoms with Crippen LogP contribution in [0.5, 0.6) is 17.4 Å². The Kier molecular flexibility index (Phi) is 6.07. The summed E-state index contributed by atoms with van der Waals surface area (Å²) >= 11 is 1.32. The van der Waals surface area contributed by atoms with Crippen LogP contribution in [0.1, 0.15) is 0 Å². The van der Waals surface area contributed by atoms with Gasteiger partial charge in [0.05, 0.1) is 45.5 Å². The van der Waals surface area contributed by atoms with E-state index in [1.54, 1.807) is 38.6 Å². The van der Waals surface area contributed by atoms with Gasteiger partial charge in [0, 0.05) is 23.1 Å². The zero-order chi connectivity index (χ0) is 20.1. The number of aromatic nitrogens is 2. The van der Waals surface area contributed by atoms with Crippen molar-refractivity contribution in [1.29, 1.82) is 0 Å². The van der Waals surface area contributed by atoms with Crippen LogP contribution in [-0.4, -0.2) is 43.7 Å². The molecule has 0 unspecified atom stereocenters. The molecule has 9 heteroatoms. The number of carbonyl (C=O) groups is 1. The van der Waals surface area contributed by atoms with Gasteiger partial charge in [-0.3, -0.25) is 9.69 Å². The quantitative estimate of drug-likeness (QED) is 0.651. The third-order valence-corrected chi connectivity index (χ3v) is 4.81. The molecule has 0 radical (unpaired) electrons. The second-order valence-corrected chi connectivity index (χ2v) is 6.41. The zero-order valence-electron chi connectivity index (χ0n) is 15.7. The van der Waals surface area contributed by atoms with Crippen LogP contribution in [0.3, 0.4) is 0 Å². The van der Waals surface area contributed by atoms with Crippen molar-refractivity contribution in [3.05, 3.63) is 41.9 Å². The molecule has 0 spiro atoms. The monoisotopic (exact) mass is 400 g/mol. The Morgan fingerprint density at radius 1 is 1.14 bits per heavy atom. The molecule has 0 aliphatic rings. The first-order valence-electron chi connectivity index (χ1n) is 8.32. The number of nitrogens with zero attached hydrogens (tertiary/aromatic N) is 3. The normalized spacial score (nSPS) is 10.4. The van der Waals surface area contributed by atoms with Crippen LogP contribution in [0.2, 0.25) is 0 Å². The lowest BCUT2D eigenvalue weighted by molar-refractivity contribution is -0.116. The fourth-order valence-electron chi connectivity index (χ4n) is 2.58. The molecule has 0 aliphatic heterocycles. The molecule has 0 aliphatic carbocycles. The SMILES string of the molecule is COc1ccc(-c2csc(N(C(=O)CN)c3ccc(OC)nc3)n2)c(OC)c1. The fraction of sp³-hybridized carbons (Fsp3) is 0.211. The van der Waals surface area contributed by atoms with E-state index in [1.807, 2.05) is 17.5 Å². The topological polar surface area (TPSA) is 99.8 Å². The second-order valence-electron chi connectivity index (χ2n) is 5.57. The minimum atomic E-state index is -0.297. The summed E-state index contributed by atoms with van der Waals surface area (Å²) < 4.78 is 15.8. The molecule has 0 saturated heterocycles. The lowest BCUT2D eigenvalue weighted by Gasteiger charge is -2.19. The van der Waals surface area contributed by atoms with Crippen molar-refractivity contribution in [3.8, 4) is 28.6 Å². The van der Waals surface area contributed by atoms with Gasteiger partial charge in [-0.15, -0.1) is 11.3 Å². The summed E-state index contributed by atoms with van der Waals surface area (Å²) in [6.07, 6.45) is 1.54. The van der Waals surface area contributed by atoms with E-state index in [1.165, 1.54) is 23.3 Å². The van der Waals surface area contributed by atoms with Gasteiger partial charge in [0.15, 0.2) is 5.13 Å². The first-order valence-corrected chi connectivity index (χ1v) is 9.20. The number of carbonyl (C=O) groups excluding carboxylic acids is 1. The Labute approximate surface area is 166 Å². The van der Waals surface area contributed by atoms with Crippen LogP contribution in [0.4, 0.5) is 10.8 Å². The molecule has 2 N–H and O–H groups in total. The summed E-state index contributed by atoms with van der Waals surface area (Å²) in [7, 11) is 4.70. The average Bonchev–Trinajstić information content (AvgIpc) is 3.23. The van der Waals surface area contributed by atoms with Gasteiger partial charge in [0.2, 0.25) is 11.8 Å². The maximum atomic E-state index is 12.5. The highest BCUT2D eigenvalue weighted by atomic mass is 32.1. The summed E-state index contributed by atoms with van der Waals surface area (Å²) in [5, 5.41) is 2.34. The summed E-state index contributed by atoms with van der Waals surface area (Å²) in [6.45, 7) is -0.160. The van der Waals surface area contributed by atoms with E-state index < -0.39 is 0 Å². The van der Waals surface area contributed by atoms with Gasteiger partial charge in [0.1, 0.15) is 11.5 Å². The molecular weight excluding hydrogens is 380 g/mol. The smallest absolute Gasteiger partial charge is 0.247 e. The Bertz CT molecular complexity index is 959. The molecule has 2 aromatic heterocycles. The predicted octanol–water partition coefficient (Wildman–Crippen LogP) is 2.85. The van der Waals surface area contributed by atoms with Crippen molar-refractivity contribution in [3.63, 3.8) is 0 Å². The number of methoxy groups -OCH3 is 3. The van der Waals surface area contributed by atoms with E-state index in [-0.39, 0.29) is 12.5 Å². The number of ether oxygens (including phenoxy) is 3. The van der Waals surface area contributed by atoms with Gasteiger partial charge in [0.25, 0.3) is 0 Å². The number of nitrogens with two attached hydrogens (primary N) is 1. The molecule has 3 rings (SSSR count). The molecule has 1 amide bonds. The van der Waals surface area contributed by atoms with Gasteiger partial charge < -0.3 is 19.9 Å². The Balaban J connectivity index is 2.00. The van der Waals surface area contributed by atoms with Gasteiger partial charge >= 0.3 is 0 Å². The Hall–Kier alpha value is -3.17. The van der Waals surface area contributed by atoms with Crippen LogP contribution < -0.4 is 24.8 Å². The number of anilines is 2. The van der Waals surface area contributed by atoms with Crippen LogP contribution in [-0.2, 0) is 4.79 Å². The Morgan fingerprint density at radius 2 is 1.96 bits per heavy atom. The van der Waals surface area contributed by atoms with Crippen molar-refractivity contribution in [2.45, 2.75) is 0 Å². The van der Waals surface area contributed by atoms with Crippen molar-refractivity contribution in [2.75, 3.05) is 32.8 Å². The minimum absolute atomic E-state index is 0.160. The average molecular weight is 400 g/mol. The highest BCUT2D eigenvalue weighted by molar-refractivity contribution is 7.14. The third-order valence-electron chi connectivity index (χ3n) is 3.98. The van der Waals surface area contributed by atoms with Gasteiger partial charge in [-0.1, -0.05) is 0 Å². The number of benzene rings is 1. The van der Waals surface area contributed by atoms with Crippen molar-refractivity contribution < 1.29 is 19.0 Å². The largest absolute Gasteiger partial charge is 0.497 e. The number of amides is 1. The second kappa shape index (κ2) is 8.68. The number of hydrogen-bond donors (Lipinski definition) is 1. The Morgan fingerprint density at radius 3 is 2.57 bits per heavy atom. The van der Waals surface area contributed by atoms with Crippen molar-refractivity contribution >= 4 is 28.1 Å². The summed E-state index contributed by atoms with van der Waals surface area (Å²) in [6, 6.07) is 8.87. The molecule has 1 aromatic carbocycles. The van der Waals surface area contributed by atoms with Crippen LogP contribution in [0.15, 0.2) is 41.9 Å². The van der Waals surface area contributed by atoms with E-state index in [0.29, 0.717) is 33.9 Å². The minimum Gasteiger partial charge on any atom is -0.497 e. The van der Waals surface area contributed by atoms with Crippen molar-refractivity contribution in [1.82, 2.24) is 9.97 Å². The van der Waals surface area contributed by atoms with E-state index in [2.05, 4.69) is 9.97 Å². The number of thiazole rings is 1. The number of hydrogen-bond acceptors (Lipinski definition) is 8. The lowest BCUT2D eigenvalue weighted by atomic mass is 10.1. The molecule has 8 nitrogen and oxygen atoms in total. The molecule has 0 saturated carbocycles. The van der Waals surface area contributed by atoms with E-state index >= 15 is 0 Å². The van der Waals surface area contributed by atoms with Gasteiger partial charge in [-0.05, 0) is 18.2 Å². The van der Waals surface area contributed by atoms with Crippen LogP contribution in [0, 0.1) is 0 Å². The standard InChI is InChI=1S/C19H20N4O4S/c1-25-13-5-6-14(16(8-13)26-2)15-11-28-19(22-15)23(18(24)9-20)12-4-7-17(27-3)21-10-12/h4-8,10-11H,9,20H2,1-3H3. The first kappa shape index (κ1) is 19.6. The van der Waals surface area contributed by atoms with E-state index in [0.717, 1.165) is 5.56 Å². The zero-order valence-corrected chi connectivity index (χ0v) is 16.5. The van der Waals surface area contributed by atoms with E-state index in [9.17, 15) is 4.79 Å². The highest BCUT2D eigenvalue weighted by Gasteiger charge is 2.22. The van der Waals surface area contributed by atoms with E-state index in [4.69, 9.17) is 19.9 Å². The summed E-state index contributed by atoms with van der Waals surface area (Å²) in [5.41, 5.74) is 7.63. The predicted molar refractivity (Wildman–Crippen MR) is 108 cm³/mol. The molecule has 3 aromatic rings. The first-order chi connectivity index (χ1) is 13.6. The fourth-order valence-corrected chi connectivity index (χ4v) is 3.44. The molecule has 0 atom stereocenters. The lowest BCUT2D eigenvalue weighted by Crippen LogP contribution is -2.32. The number of rotatable bonds is 7. The highest BCUT2D eigenvalue weighted by Crippen LogP contribution is 2.37. The molecule has 146 valence electrons. The van der Waals surface area contributed by atoms with Crippen LogP contribution >= 0.6 is 11.3 Å². The molecule has 28 heavy (non-hydrogen) atoms. The van der Waals surface area contributed by atoms with Crippen LogP contribution in [0.25, 0.3) is 11.3 Å².